The van der Waals surface area contributed by atoms with E-state index in [0.717, 1.165) is 0 Å². The van der Waals surface area contributed by atoms with Gasteiger partial charge in [-0.1, -0.05) is 0 Å². The van der Waals surface area contributed by atoms with Gasteiger partial charge in [-0.2, -0.15) is 0 Å². The molecule has 2 aliphatic rings. The number of imidazole rings is 1. The van der Waals surface area contributed by atoms with Crippen LogP contribution in [0.3, 0.4) is 0 Å². The van der Waals surface area contributed by atoms with E-state index in [0.29, 0.717) is 12.1 Å². The van der Waals surface area contributed by atoms with Gasteiger partial charge in [0, 0.05) is 24.5 Å². The lowest BCUT2D eigenvalue weighted by molar-refractivity contribution is 0.193. The molecule has 0 bridgehead atoms. The highest BCUT2D eigenvalue weighted by Crippen LogP contribution is 2.34. The van der Waals surface area contributed by atoms with Crippen molar-refractivity contribution in [3.8, 4) is 0 Å². The van der Waals surface area contributed by atoms with Crippen LogP contribution in [0, 0.1) is 0 Å². The molecule has 3 rings (SSSR count). The van der Waals surface area contributed by atoms with E-state index < -0.39 is 0 Å². The highest BCUT2D eigenvalue weighted by molar-refractivity contribution is 5.12. The Labute approximate surface area is 104 Å². The molecule has 94 valence electrons. The lowest BCUT2D eigenvalue weighted by Crippen LogP contribution is -2.32. The maximum Gasteiger partial charge on any atom is 0.126 e. The number of aryl methyl sites for hydroxylation is 1. The first-order valence-corrected chi connectivity index (χ1v) is 7.07. The van der Waals surface area contributed by atoms with Gasteiger partial charge in [-0.3, -0.25) is 4.90 Å². The van der Waals surface area contributed by atoms with E-state index in [1.165, 1.54) is 56.7 Å². The predicted octanol–water partition coefficient (Wildman–Crippen LogP) is 2.76. The zero-order chi connectivity index (χ0) is 11.8. The molecule has 1 saturated heterocycles. The van der Waals surface area contributed by atoms with Crippen LogP contribution in [-0.2, 0) is 13.0 Å². The minimum atomic E-state index is 0.571. The van der Waals surface area contributed by atoms with Crippen LogP contribution in [0.25, 0.3) is 0 Å². The highest BCUT2D eigenvalue weighted by atomic mass is 15.2. The molecule has 3 heteroatoms. The molecule has 3 nitrogen and oxygen atoms in total. The van der Waals surface area contributed by atoms with Crippen molar-refractivity contribution in [2.45, 2.75) is 64.6 Å². The molecule has 1 aromatic rings. The molecule has 0 saturated carbocycles. The van der Waals surface area contributed by atoms with E-state index in [1.807, 2.05) is 0 Å². The third-order valence-electron chi connectivity index (χ3n) is 4.29. The molecule has 0 radical (unpaired) electrons. The number of hydrogen-bond donors (Lipinski definition) is 0. The Morgan fingerprint density at radius 3 is 2.94 bits per heavy atom. The second-order valence-corrected chi connectivity index (χ2v) is 5.71. The van der Waals surface area contributed by atoms with Crippen LogP contribution >= 0.6 is 0 Å². The summed E-state index contributed by atoms with van der Waals surface area (Å²) in [7, 11) is 0. The molecule has 17 heavy (non-hydrogen) atoms. The molecule has 1 unspecified atom stereocenters. The normalized spacial score (nSPS) is 25.5. The summed E-state index contributed by atoms with van der Waals surface area (Å²) in [5.74, 6) is 1.34. The van der Waals surface area contributed by atoms with Gasteiger partial charge < -0.3 is 4.57 Å². The van der Waals surface area contributed by atoms with Gasteiger partial charge in [-0.05, 0) is 52.5 Å². The largest absolute Gasteiger partial charge is 0.331 e. The van der Waals surface area contributed by atoms with E-state index in [9.17, 15) is 0 Å². The first-order chi connectivity index (χ1) is 8.27. The molecule has 1 fully saturated rings. The zero-order valence-corrected chi connectivity index (χ0v) is 11.0. The molecule has 0 aliphatic carbocycles. The van der Waals surface area contributed by atoms with Gasteiger partial charge in [0.15, 0.2) is 0 Å². The van der Waals surface area contributed by atoms with Crippen LogP contribution in [0.15, 0.2) is 6.20 Å². The summed E-state index contributed by atoms with van der Waals surface area (Å²) in [6.45, 7) is 7.04. The molecule has 0 aromatic carbocycles. The fourth-order valence-electron chi connectivity index (χ4n) is 3.41. The predicted molar refractivity (Wildman–Crippen MR) is 69.0 cm³/mol. The van der Waals surface area contributed by atoms with Crippen LogP contribution < -0.4 is 0 Å². The number of nitrogens with zero attached hydrogens (tertiary/aromatic N) is 3. The topological polar surface area (TPSA) is 21.1 Å². The molecule has 1 atom stereocenters. The SMILES string of the molecule is CC(C)N1CCCC1c1ncc2n1CCCC2. The zero-order valence-electron chi connectivity index (χ0n) is 11.0. The molecule has 2 aliphatic heterocycles. The Balaban J connectivity index is 1.90. The molecule has 0 amide bonds. The lowest BCUT2D eigenvalue weighted by Gasteiger charge is -2.29. The summed E-state index contributed by atoms with van der Waals surface area (Å²) in [5, 5.41) is 0. The quantitative estimate of drug-likeness (QED) is 0.783. The Morgan fingerprint density at radius 1 is 1.24 bits per heavy atom. The first kappa shape index (κ1) is 11.3. The van der Waals surface area contributed by atoms with Crippen LogP contribution in [0.2, 0.25) is 0 Å². The van der Waals surface area contributed by atoms with Crippen molar-refractivity contribution in [3.63, 3.8) is 0 Å². The number of likely N-dealkylation sites (tertiary alicyclic amines) is 1. The average molecular weight is 233 g/mol. The van der Waals surface area contributed by atoms with Crippen molar-refractivity contribution < 1.29 is 0 Å². The van der Waals surface area contributed by atoms with Crippen LogP contribution in [0.1, 0.15) is 57.1 Å². The Hall–Kier alpha value is -0.830. The fourth-order valence-corrected chi connectivity index (χ4v) is 3.41. The first-order valence-electron chi connectivity index (χ1n) is 7.07. The Morgan fingerprint density at radius 2 is 2.12 bits per heavy atom. The van der Waals surface area contributed by atoms with Crippen LogP contribution in [0.4, 0.5) is 0 Å². The summed E-state index contributed by atoms with van der Waals surface area (Å²) in [6.07, 6.45) is 8.61. The van der Waals surface area contributed by atoms with Gasteiger partial charge >= 0.3 is 0 Å². The summed E-state index contributed by atoms with van der Waals surface area (Å²) in [5.41, 5.74) is 1.46. The van der Waals surface area contributed by atoms with Gasteiger partial charge in [0.25, 0.3) is 0 Å². The molecular formula is C14H23N3. The molecular weight excluding hydrogens is 210 g/mol. The molecule has 3 heterocycles. The van der Waals surface area contributed by atoms with Crippen molar-refractivity contribution in [2.24, 2.45) is 0 Å². The summed E-state index contributed by atoms with van der Waals surface area (Å²) < 4.78 is 2.49. The standard InChI is InChI=1S/C14H23N3/c1-11(2)16-9-5-7-13(16)14-15-10-12-6-3-4-8-17(12)14/h10-11,13H,3-9H2,1-2H3. The third-order valence-corrected chi connectivity index (χ3v) is 4.29. The molecule has 1 aromatic heterocycles. The number of fused-ring (bicyclic) bond motifs is 1. The van der Waals surface area contributed by atoms with Gasteiger partial charge in [0.1, 0.15) is 5.82 Å². The number of rotatable bonds is 2. The third kappa shape index (κ3) is 1.90. The number of hydrogen-bond acceptors (Lipinski definition) is 2. The highest BCUT2D eigenvalue weighted by Gasteiger charge is 2.31. The van der Waals surface area contributed by atoms with Gasteiger partial charge in [0.05, 0.1) is 6.04 Å². The maximum atomic E-state index is 4.73. The molecule has 0 spiro atoms. The van der Waals surface area contributed by atoms with Gasteiger partial charge in [-0.15, -0.1) is 0 Å². The second-order valence-electron chi connectivity index (χ2n) is 5.71. The lowest BCUT2D eigenvalue weighted by atomic mass is 10.1. The van der Waals surface area contributed by atoms with E-state index in [2.05, 4.69) is 29.5 Å². The summed E-state index contributed by atoms with van der Waals surface area (Å²) in [6, 6.07) is 1.21. The summed E-state index contributed by atoms with van der Waals surface area (Å²) in [4.78, 5) is 7.35. The number of aromatic nitrogens is 2. The molecule has 0 N–H and O–H groups in total. The van der Waals surface area contributed by atoms with Crippen LogP contribution in [0.5, 0.6) is 0 Å². The van der Waals surface area contributed by atoms with E-state index in [-0.39, 0.29) is 0 Å². The second kappa shape index (κ2) is 4.45. The van der Waals surface area contributed by atoms with Crippen molar-refractivity contribution in [3.05, 3.63) is 17.7 Å². The van der Waals surface area contributed by atoms with Crippen molar-refractivity contribution in [1.82, 2.24) is 14.5 Å². The maximum absolute atomic E-state index is 4.73. The fraction of sp³-hybridized carbons (Fsp3) is 0.786. The average Bonchev–Trinajstić information content (AvgIpc) is 2.94. The minimum absolute atomic E-state index is 0.571. The van der Waals surface area contributed by atoms with E-state index >= 15 is 0 Å². The Kier molecular flexibility index (Phi) is 2.95. The van der Waals surface area contributed by atoms with Crippen molar-refractivity contribution in [1.29, 1.82) is 0 Å². The van der Waals surface area contributed by atoms with Gasteiger partial charge in [-0.25, -0.2) is 4.98 Å². The monoisotopic (exact) mass is 233 g/mol. The summed E-state index contributed by atoms with van der Waals surface area (Å²) >= 11 is 0. The smallest absolute Gasteiger partial charge is 0.126 e. The Bertz CT molecular complexity index is 394. The van der Waals surface area contributed by atoms with Crippen LogP contribution in [-0.4, -0.2) is 27.0 Å². The van der Waals surface area contributed by atoms with Crippen molar-refractivity contribution in [2.75, 3.05) is 6.54 Å². The van der Waals surface area contributed by atoms with Gasteiger partial charge in [0.2, 0.25) is 0 Å². The minimum Gasteiger partial charge on any atom is -0.331 e. The van der Waals surface area contributed by atoms with E-state index in [4.69, 9.17) is 4.98 Å². The van der Waals surface area contributed by atoms with Crippen molar-refractivity contribution >= 4 is 0 Å². The van der Waals surface area contributed by atoms with E-state index in [1.54, 1.807) is 0 Å².